The maximum absolute atomic E-state index is 13.1. The Hall–Kier alpha value is -1.94. The minimum atomic E-state index is -4.96. The summed E-state index contributed by atoms with van der Waals surface area (Å²) < 4.78 is 68.9. The van der Waals surface area contributed by atoms with Crippen molar-refractivity contribution in [3.63, 3.8) is 0 Å². The number of rotatable bonds is 86. The van der Waals surface area contributed by atoms with E-state index in [1.54, 1.807) is 0 Å². The first-order valence-electron chi connectivity index (χ1n) is 44.6. The molecule has 19 heteroatoms. The van der Waals surface area contributed by atoms with E-state index in [-0.39, 0.29) is 25.7 Å². The van der Waals surface area contributed by atoms with Gasteiger partial charge in [-0.15, -0.1) is 0 Å². The van der Waals surface area contributed by atoms with E-state index in [0.717, 1.165) is 95.8 Å². The molecule has 0 amide bonds. The number of ether oxygens (including phenoxy) is 4. The highest BCUT2D eigenvalue weighted by Gasteiger charge is 2.30. The van der Waals surface area contributed by atoms with Crippen molar-refractivity contribution in [2.24, 2.45) is 5.92 Å². The number of carbonyl (C=O) groups is 4. The van der Waals surface area contributed by atoms with Gasteiger partial charge in [0.2, 0.25) is 0 Å². The quantitative estimate of drug-likeness (QED) is 0.0222. The van der Waals surface area contributed by atoms with Gasteiger partial charge in [0.1, 0.15) is 19.3 Å². The largest absolute Gasteiger partial charge is 0.472 e. The lowest BCUT2D eigenvalue weighted by molar-refractivity contribution is -0.161. The molecule has 624 valence electrons. The molecule has 0 bridgehead atoms. The Morgan fingerprint density at radius 1 is 0.257 bits per heavy atom. The molecule has 0 aliphatic rings. The lowest BCUT2D eigenvalue weighted by atomic mass is 10.0. The van der Waals surface area contributed by atoms with Gasteiger partial charge in [0.05, 0.1) is 26.4 Å². The van der Waals surface area contributed by atoms with Crippen LogP contribution in [-0.2, 0) is 65.4 Å². The first-order chi connectivity index (χ1) is 51.0. The molecule has 0 saturated heterocycles. The Morgan fingerprint density at radius 2 is 0.438 bits per heavy atom. The highest BCUT2D eigenvalue weighted by Crippen LogP contribution is 2.45. The van der Waals surface area contributed by atoms with Gasteiger partial charge in [-0.25, -0.2) is 9.13 Å². The molecular formula is C86H168O17P2. The zero-order chi connectivity index (χ0) is 76.9. The van der Waals surface area contributed by atoms with Crippen LogP contribution in [0.5, 0.6) is 0 Å². The maximum atomic E-state index is 13.1. The molecule has 0 fully saturated rings. The first-order valence-corrected chi connectivity index (χ1v) is 47.6. The van der Waals surface area contributed by atoms with Crippen LogP contribution in [0.4, 0.5) is 0 Å². The fourth-order valence-corrected chi connectivity index (χ4v) is 15.1. The second kappa shape index (κ2) is 78.7. The molecular weight excluding hydrogens is 1370 g/mol. The van der Waals surface area contributed by atoms with E-state index in [4.69, 9.17) is 37.0 Å². The lowest BCUT2D eigenvalue weighted by Crippen LogP contribution is -2.30. The van der Waals surface area contributed by atoms with Gasteiger partial charge >= 0.3 is 39.5 Å². The minimum Gasteiger partial charge on any atom is -0.462 e. The van der Waals surface area contributed by atoms with Crippen molar-refractivity contribution in [3.8, 4) is 0 Å². The summed E-state index contributed by atoms with van der Waals surface area (Å²) >= 11 is 0. The standard InChI is InChI=1S/C86H168O17P2/c1-6-9-12-15-18-21-24-26-28-30-32-34-36-41-46-51-56-61-66-71-85(90)103-82(76-97-84(89)70-65-60-55-50-45-40-35-33-31-29-27-25-22-19-16-13-10-7-2)78-101-105(94,95)99-74-80(87)73-98-104(92,93)100-77-81(75-96-83(88)69-64-59-54-49-43-23-20-17-14-11-8-3)102-86(91)72-67-62-57-52-47-42-38-37-39-44-48-53-58-63-68-79(4)5/h79-82,87H,6-78H2,1-5H3,(H,92,93)(H,94,95)/t80-,81+,82+/m0/s1. The average molecular weight is 1540 g/mol. The van der Waals surface area contributed by atoms with Crippen LogP contribution in [0.1, 0.15) is 465 Å². The van der Waals surface area contributed by atoms with E-state index in [1.807, 2.05) is 0 Å². The number of unbranched alkanes of at least 4 members (excludes halogenated alkanes) is 58. The lowest BCUT2D eigenvalue weighted by Gasteiger charge is -2.21. The van der Waals surface area contributed by atoms with E-state index < -0.39 is 97.5 Å². The van der Waals surface area contributed by atoms with Crippen molar-refractivity contribution in [2.45, 2.75) is 483 Å². The van der Waals surface area contributed by atoms with E-state index in [9.17, 15) is 43.2 Å². The number of phosphoric acid groups is 2. The van der Waals surface area contributed by atoms with Crippen molar-refractivity contribution in [3.05, 3.63) is 0 Å². The second-order valence-corrected chi connectivity index (χ2v) is 34.3. The molecule has 17 nitrogen and oxygen atoms in total. The van der Waals surface area contributed by atoms with Gasteiger partial charge in [-0.05, 0) is 31.6 Å². The summed E-state index contributed by atoms with van der Waals surface area (Å²) in [4.78, 5) is 73.2. The second-order valence-electron chi connectivity index (χ2n) is 31.4. The van der Waals surface area contributed by atoms with Gasteiger partial charge in [0, 0.05) is 25.7 Å². The van der Waals surface area contributed by atoms with Crippen LogP contribution in [0, 0.1) is 5.92 Å². The molecule has 0 aromatic rings. The molecule has 0 spiro atoms. The van der Waals surface area contributed by atoms with Crippen LogP contribution in [0.25, 0.3) is 0 Å². The fourth-order valence-electron chi connectivity index (χ4n) is 13.5. The van der Waals surface area contributed by atoms with Crippen LogP contribution in [-0.4, -0.2) is 96.7 Å². The molecule has 0 radical (unpaired) electrons. The van der Waals surface area contributed by atoms with Gasteiger partial charge in [-0.2, -0.15) is 0 Å². The van der Waals surface area contributed by atoms with Crippen molar-refractivity contribution >= 4 is 39.5 Å². The Morgan fingerprint density at radius 3 is 0.648 bits per heavy atom. The number of esters is 4. The molecule has 0 aromatic carbocycles. The molecule has 0 aliphatic heterocycles. The number of hydrogen-bond acceptors (Lipinski definition) is 15. The zero-order valence-corrected chi connectivity index (χ0v) is 70.7. The molecule has 0 saturated carbocycles. The van der Waals surface area contributed by atoms with Gasteiger partial charge in [-0.3, -0.25) is 37.3 Å². The number of phosphoric ester groups is 2. The van der Waals surface area contributed by atoms with Crippen LogP contribution in [0.3, 0.4) is 0 Å². The van der Waals surface area contributed by atoms with Gasteiger partial charge in [-0.1, -0.05) is 413 Å². The van der Waals surface area contributed by atoms with Crippen LogP contribution < -0.4 is 0 Å². The molecule has 105 heavy (non-hydrogen) atoms. The third kappa shape index (κ3) is 79.9. The Labute approximate surface area is 645 Å². The SMILES string of the molecule is CCCCCCCCCCCCCCCCCCCCCC(=O)O[C@H](COC(=O)CCCCCCCCCCCCCCCCCCCC)COP(=O)(O)OC[C@@H](O)COP(=O)(O)OC[C@@H](COC(=O)CCCCCCCCCCCCC)OC(=O)CCCCCCCCCCCCCCCCC(C)C. The van der Waals surface area contributed by atoms with Gasteiger partial charge in [0.25, 0.3) is 0 Å². The number of hydrogen-bond donors (Lipinski definition) is 3. The molecule has 0 rings (SSSR count). The molecule has 0 aromatic heterocycles. The van der Waals surface area contributed by atoms with E-state index in [2.05, 4.69) is 34.6 Å². The van der Waals surface area contributed by atoms with Crippen LogP contribution >= 0.6 is 15.6 Å². The molecule has 3 N–H and O–H groups in total. The molecule has 2 unspecified atom stereocenters. The van der Waals surface area contributed by atoms with Crippen molar-refractivity contribution in [1.82, 2.24) is 0 Å². The third-order valence-corrected chi connectivity index (χ3v) is 22.2. The minimum absolute atomic E-state index is 0.108. The highest BCUT2D eigenvalue weighted by molar-refractivity contribution is 7.47. The van der Waals surface area contributed by atoms with Gasteiger partial charge < -0.3 is 33.8 Å². The summed E-state index contributed by atoms with van der Waals surface area (Å²) in [5.41, 5.74) is 0. The van der Waals surface area contributed by atoms with Crippen LogP contribution in [0.2, 0.25) is 0 Å². The van der Waals surface area contributed by atoms with E-state index in [1.165, 1.54) is 289 Å². The van der Waals surface area contributed by atoms with Crippen molar-refractivity contribution < 1.29 is 80.2 Å². The van der Waals surface area contributed by atoms with E-state index in [0.29, 0.717) is 25.7 Å². The Bertz CT molecular complexity index is 2000. The predicted octanol–water partition coefficient (Wildman–Crippen LogP) is 26.4. The van der Waals surface area contributed by atoms with E-state index >= 15 is 0 Å². The zero-order valence-electron chi connectivity index (χ0n) is 68.9. The molecule has 5 atom stereocenters. The Balaban J connectivity index is 5.24. The van der Waals surface area contributed by atoms with Gasteiger partial charge in [0.15, 0.2) is 12.2 Å². The van der Waals surface area contributed by atoms with Crippen LogP contribution in [0.15, 0.2) is 0 Å². The number of aliphatic hydroxyl groups is 1. The topological polar surface area (TPSA) is 237 Å². The molecule has 0 aliphatic carbocycles. The summed E-state index contributed by atoms with van der Waals surface area (Å²) in [5.74, 6) is -1.30. The monoisotopic (exact) mass is 1540 g/mol. The average Bonchev–Trinajstić information content (AvgIpc) is 0.910. The summed E-state index contributed by atoms with van der Waals surface area (Å²) in [6, 6.07) is 0. The highest BCUT2D eigenvalue weighted by atomic mass is 31.2. The summed E-state index contributed by atoms with van der Waals surface area (Å²) in [5, 5.41) is 10.7. The van der Waals surface area contributed by atoms with Crippen molar-refractivity contribution in [2.75, 3.05) is 39.6 Å². The summed E-state index contributed by atoms with van der Waals surface area (Å²) in [7, 11) is -9.93. The molecule has 0 heterocycles. The predicted molar refractivity (Wildman–Crippen MR) is 432 cm³/mol. The van der Waals surface area contributed by atoms with Crippen molar-refractivity contribution in [1.29, 1.82) is 0 Å². The maximum Gasteiger partial charge on any atom is 0.472 e. The fraction of sp³-hybridized carbons (Fsp3) is 0.953. The smallest absolute Gasteiger partial charge is 0.462 e. The number of carbonyl (C=O) groups excluding carboxylic acids is 4. The third-order valence-electron chi connectivity index (χ3n) is 20.3. The first kappa shape index (κ1) is 103. The Kier molecular flexibility index (Phi) is 77.3. The normalized spacial score (nSPS) is 13.8. The summed E-state index contributed by atoms with van der Waals surface area (Å²) in [6.45, 7) is 7.39. The number of aliphatic hydroxyl groups excluding tert-OH is 1. The summed E-state index contributed by atoms with van der Waals surface area (Å²) in [6.07, 6.45) is 72.1.